The molecule has 0 saturated carbocycles. The van der Waals surface area contributed by atoms with Gasteiger partial charge in [0.2, 0.25) is 0 Å². The van der Waals surface area contributed by atoms with E-state index in [1.54, 1.807) is 62.8 Å². The third kappa shape index (κ3) is 3.39. The van der Waals surface area contributed by atoms with Crippen molar-refractivity contribution in [1.82, 2.24) is 0 Å². The van der Waals surface area contributed by atoms with Crippen LogP contribution in [0.4, 0.5) is 0 Å². The summed E-state index contributed by atoms with van der Waals surface area (Å²) in [6.07, 6.45) is 0.0304. The molecule has 2 aromatic rings. The summed E-state index contributed by atoms with van der Waals surface area (Å²) in [6, 6.07) is 13.7. The molecule has 0 unspecified atom stereocenters. The van der Waals surface area contributed by atoms with E-state index < -0.39 is 20.3 Å². The van der Waals surface area contributed by atoms with E-state index >= 15 is 0 Å². The molecule has 0 bridgehead atoms. The number of hydrogen-bond acceptors (Lipinski definition) is 5. The number of ether oxygens (including phenoxy) is 2. The Hall–Kier alpha value is -2.34. The number of Topliss-reactive ketones (excluding diaryl/α,β-unsaturated/α-hetero) is 1. The molecule has 5 nitrogen and oxygen atoms in total. The molecule has 6 heteroatoms. The number of rotatable bonds is 4. The highest BCUT2D eigenvalue weighted by Crippen LogP contribution is 2.43. The molecule has 0 aliphatic carbocycles. The van der Waals surface area contributed by atoms with Crippen LogP contribution in [0, 0.1) is 0 Å². The van der Waals surface area contributed by atoms with Crippen LogP contribution in [0.3, 0.4) is 0 Å². The number of methoxy groups -OCH3 is 2. The highest BCUT2D eigenvalue weighted by Gasteiger charge is 2.42. The van der Waals surface area contributed by atoms with Gasteiger partial charge in [0.25, 0.3) is 0 Å². The zero-order chi connectivity index (χ0) is 18.0. The SMILES string of the molecule is COc1ccc([C@H]2CC(=O)C[C@@H](c3ccc(OC)cc3)S2(=O)=O)cc1. The van der Waals surface area contributed by atoms with Gasteiger partial charge in [-0.1, -0.05) is 24.3 Å². The van der Waals surface area contributed by atoms with Crippen molar-refractivity contribution in [3.8, 4) is 11.5 Å². The van der Waals surface area contributed by atoms with E-state index in [0.717, 1.165) is 0 Å². The van der Waals surface area contributed by atoms with Crippen LogP contribution >= 0.6 is 0 Å². The monoisotopic (exact) mass is 360 g/mol. The van der Waals surface area contributed by atoms with Gasteiger partial charge in [0, 0.05) is 12.8 Å². The minimum Gasteiger partial charge on any atom is -0.497 e. The van der Waals surface area contributed by atoms with Crippen LogP contribution < -0.4 is 9.47 Å². The first-order chi connectivity index (χ1) is 12.0. The summed E-state index contributed by atoms with van der Waals surface area (Å²) >= 11 is 0. The number of carbonyl (C=O) groups excluding carboxylic acids is 1. The van der Waals surface area contributed by atoms with Gasteiger partial charge in [-0.3, -0.25) is 4.79 Å². The summed E-state index contributed by atoms with van der Waals surface area (Å²) in [7, 11) is -0.443. The highest BCUT2D eigenvalue weighted by molar-refractivity contribution is 7.92. The molecule has 0 spiro atoms. The summed E-state index contributed by atoms with van der Waals surface area (Å²) in [5.41, 5.74) is 1.24. The van der Waals surface area contributed by atoms with Crippen LogP contribution in [-0.4, -0.2) is 28.4 Å². The first-order valence-corrected chi connectivity index (χ1v) is 9.59. The molecule has 1 heterocycles. The molecule has 0 amide bonds. The molecular formula is C19H20O5S. The fourth-order valence-corrected chi connectivity index (χ4v) is 5.49. The van der Waals surface area contributed by atoms with Gasteiger partial charge in [-0.2, -0.15) is 0 Å². The van der Waals surface area contributed by atoms with Crippen molar-refractivity contribution in [2.75, 3.05) is 14.2 Å². The number of hydrogen-bond donors (Lipinski definition) is 0. The second-order valence-corrected chi connectivity index (χ2v) is 8.38. The molecule has 1 fully saturated rings. The van der Waals surface area contributed by atoms with Gasteiger partial charge in [-0.25, -0.2) is 8.42 Å². The van der Waals surface area contributed by atoms with E-state index in [9.17, 15) is 13.2 Å². The summed E-state index contributed by atoms with van der Waals surface area (Å²) in [5, 5.41) is -1.65. The Bertz CT molecular complexity index is 788. The Labute approximate surface area is 147 Å². The maximum atomic E-state index is 13.2. The van der Waals surface area contributed by atoms with Crippen LogP contribution in [-0.2, 0) is 14.6 Å². The first kappa shape index (κ1) is 17.5. The predicted octanol–water partition coefficient (Wildman–Crippen LogP) is 3.26. The molecule has 1 saturated heterocycles. The lowest BCUT2D eigenvalue weighted by molar-refractivity contribution is -0.119. The lowest BCUT2D eigenvalue weighted by Gasteiger charge is -2.29. The van der Waals surface area contributed by atoms with E-state index in [1.165, 1.54) is 0 Å². The molecule has 132 valence electrons. The molecule has 0 aromatic heterocycles. The smallest absolute Gasteiger partial charge is 0.165 e. The number of sulfone groups is 1. The number of carbonyl (C=O) groups is 1. The van der Waals surface area contributed by atoms with E-state index in [2.05, 4.69) is 0 Å². The van der Waals surface area contributed by atoms with E-state index in [0.29, 0.717) is 22.6 Å². The zero-order valence-electron chi connectivity index (χ0n) is 14.1. The molecule has 2 atom stereocenters. The van der Waals surface area contributed by atoms with Gasteiger partial charge in [-0.15, -0.1) is 0 Å². The Morgan fingerprint density at radius 3 is 1.44 bits per heavy atom. The van der Waals surface area contributed by atoms with Crippen molar-refractivity contribution in [3.63, 3.8) is 0 Å². The third-order valence-corrected chi connectivity index (χ3v) is 7.06. The molecule has 0 N–H and O–H groups in total. The fourth-order valence-electron chi connectivity index (χ4n) is 3.18. The normalized spacial score (nSPS) is 22.4. The first-order valence-electron chi connectivity index (χ1n) is 7.98. The highest BCUT2D eigenvalue weighted by atomic mass is 32.2. The topological polar surface area (TPSA) is 69.7 Å². The molecule has 25 heavy (non-hydrogen) atoms. The minimum atomic E-state index is -3.54. The van der Waals surface area contributed by atoms with Gasteiger partial charge in [0.1, 0.15) is 17.3 Å². The molecule has 3 rings (SSSR count). The van der Waals surface area contributed by atoms with E-state index in [-0.39, 0.29) is 18.6 Å². The van der Waals surface area contributed by atoms with Crippen LogP contribution in [0.25, 0.3) is 0 Å². The molecular weight excluding hydrogens is 340 g/mol. The predicted molar refractivity (Wildman–Crippen MR) is 94.6 cm³/mol. The molecule has 1 aliphatic rings. The third-order valence-electron chi connectivity index (χ3n) is 4.59. The van der Waals surface area contributed by atoms with E-state index in [1.807, 2.05) is 0 Å². The summed E-state index contributed by atoms with van der Waals surface area (Å²) in [5.74, 6) is 1.25. The van der Waals surface area contributed by atoms with Gasteiger partial charge < -0.3 is 9.47 Å². The van der Waals surface area contributed by atoms with Crippen LogP contribution in [0.15, 0.2) is 48.5 Å². The second kappa shape index (κ2) is 6.88. The summed E-state index contributed by atoms with van der Waals surface area (Å²) in [4.78, 5) is 12.3. The van der Waals surface area contributed by atoms with Gasteiger partial charge in [0.15, 0.2) is 9.84 Å². The largest absolute Gasteiger partial charge is 0.497 e. The standard InChI is InChI=1S/C19H20O5S/c1-23-16-7-3-13(4-8-16)18-11-15(20)12-19(25(18,21)22)14-5-9-17(24-2)10-6-14/h3-10,18-19H,11-12H2,1-2H3/t18-,19+. The van der Waals surface area contributed by atoms with Gasteiger partial charge >= 0.3 is 0 Å². The average molecular weight is 360 g/mol. The quantitative estimate of drug-likeness (QED) is 0.837. The molecule has 2 aromatic carbocycles. The summed E-state index contributed by atoms with van der Waals surface area (Å²) in [6.45, 7) is 0. The lowest BCUT2D eigenvalue weighted by Crippen LogP contribution is -2.30. The number of ketones is 1. The minimum absolute atomic E-state index is 0.0152. The number of benzene rings is 2. The molecule has 1 aliphatic heterocycles. The van der Waals surface area contributed by atoms with Crippen molar-refractivity contribution in [1.29, 1.82) is 0 Å². The fraction of sp³-hybridized carbons (Fsp3) is 0.316. The van der Waals surface area contributed by atoms with Gasteiger partial charge in [0.05, 0.1) is 24.7 Å². The molecule has 0 radical (unpaired) electrons. The Balaban J connectivity index is 1.98. The van der Waals surface area contributed by atoms with Crippen molar-refractivity contribution in [2.45, 2.75) is 23.3 Å². The Morgan fingerprint density at radius 1 is 0.760 bits per heavy atom. The van der Waals surface area contributed by atoms with E-state index in [4.69, 9.17) is 9.47 Å². The lowest BCUT2D eigenvalue weighted by atomic mass is 10.0. The second-order valence-electron chi connectivity index (χ2n) is 6.06. The Morgan fingerprint density at radius 2 is 1.12 bits per heavy atom. The van der Waals surface area contributed by atoms with Gasteiger partial charge in [-0.05, 0) is 35.4 Å². The van der Waals surface area contributed by atoms with Crippen LogP contribution in [0.1, 0.15) is 34.5 Å². The van der Waals surface area contributed by atoms with Crippen molar-refractivity contribution in [3.05, 3.63) is 59.7 Å². The van der Waals surface area contributed by atoms with Crippen molar-refractivity contribution >= 4 is 15.6 Å². The van der Waals surface area contributed by atoms with Crippen molar-refractivity contribution < 1.29 is 22.7 Å². The Kier molecular flexibility index (Phi) is 4.81. The zero-order valence-corrected chi connectivity index (χ0v) is 15.0. The maximum absolute atomic E-state index is 13.2. The summed E-state index contributed by atoms with van der Waals surface area (Å²) < 4.78 is 36.5. The van der Waals surface area contributed by atoms with Crippen LogP contribution in [0.5, 0.6) is 11.5 Å². The van der Waals surface area contributed by atoms with Crippen molar-refractivity contribution in [2.24, 2.45) is 0 Å². The average Bonchev–Trinajstić information content (AvgIpc) is 2.63. The van der Waals surface area contributed by atoms with Crippen LogP contribution in [0.2, 0.25) is 0 Å². The maximum Gasteiger partial charge on any atom is 0.165 e.